The predicted molar refractivity (Wildman–Crippen MR) is 115 cm³/mol. The van der Waals surface area contributed by atoms with Gasteiger partial charge >= 0.3 is 0 Å². The lowest BCUT2D eigenvalue weighted by atomic mass is 10.1. The highest BCUT2D eigenvalue weighted by atomic mass is 16.5. The van der Waals surface area contributed by atoms with Gasteiger partial charge in [-0.3, -0.25) is 9.59 Å². The van der Waals surface area contributed by atoms with E-state index in [-0.39, 0.29) is 11.8 Å². The van der Waals surface area contributed by atoms with Crippen molar-refractivity contribution in [3.05, 3.63) is 90.0 Å². The molecule has 0 bridgehead atoms. The molecule has 5 nitrogen and oxygen atoms in total. The van der Waals surface area contributed by atoms with E-state index in [4.69, 9.17) is 4.74 Å². The molecule has 1 atom stereocenters. The molecule has 2 amide bonds. The van der Waals surface area contributed by atoms with Gasteiger partial charge in [-0.25, -0.2) is 0 Å². The highest BCUT2D eigenvalue weighted by molar-refractivity contribution is 6.05. The number of rotatable bonds is 7. The Balaban J connectivity index is 1.67. The molecule has 0 aromatic heterocycles. The number of ether oxygens (including phenoxy) is 1. The fraction of sp³-hybridized carbons (Fsp3) is 0.167. The van der Waals surface area contributed by atoms with Crippen molar-refractivity contribution in [2.45, 2.75) is 26.4 Å². The number of para-hydroxylation sites is 2. The summed E-state index contributed by atoms with van der Waals surface area (Å²) >= 11 is 0. The van der Waals surface area contributed by atoms with Gasteiger partial charge in [-0.05, 0) is 55.3 Å². The van der Waals surface area contributed by atoms with E-state index in [0.717, 1.165) is 5.56 Å². The summed E-state index contributed by atoms with van der Waals surface area (Å²) in [4.78, 5) is 25.2. The van der Waals surface area contributed by atoms with Gasteiger partial charge in [-0.1, -0.05) is 49.4 Å². The van der Waals surface area contributed by atoms with E-state index in [1.807, 2.05) is 68.4 Å². The van der Waals surface area contributed by atoms with Crippen LogP contribution in [0.4, 0.5) is 11.4 Å². The van der Waals surface area contributed by atoms with Crippen molar-refractivity contribution in [3.63, 3.8) is 0 Å². The van der Waals surface area contributed by atoms with E-state index in [2.05, 4.69) is 10.6 Å². The SMILES string of the molecule is CCC(Oc1ccccc1C)C(=O)Nc1cccc(C(=O)Nc2ccccc2)c1. The van der Waals surface area contributed by atoms with Crippen molar-refractivity contribution in [2.24, 2.45) is 0 Å². The lowest BCUT2D eigenvalue weighted by Gasteiger charge is -2.18. The number of anilines is 2. The molecule has 0 aliphatic carbocycles. The molecule has 5 heteroatoms. The zero-order valence-electron chi connectivity index (χ0n) is 16.5. The summed E-state index contributed by atoms with van der Waals surface area (Å²) in [6.07, 6.45) is -0.105. The van der Waals surface area contributed by atoms with Crippen LogP contribution in [0, 0.1) is 6.92 Å². The maximum atomic E-state index is 12.7. The van der Waals surface area contributed by atoms with Crippen LogP contribution in [0.5, 0.6) is 5.75 Å². The fourth-order valence-electron chi connectivity index (χ4n) is 2.85. The van der Waals surface area contributed by atoms with Crippen molar-refractivity contribution in [1.82, 2.24) is 0 Å². The van der Waals surface area contributed by atoms with Gasteiger partial charge in [0.15, 0.2) is 6.10 Å². The molecule has 0 fully saturated rings. The van der Waals surface area contributed by atoms with Crippen LogP contribution >= 0.6 is 0 Å². The third-order valence-electron chi connectivity index (χ3n) is 4.45. The Morgan fingerprint density at radius 1 is 0.862 bits per heavy atom. The predicted octanol–water partition coefficient (Wildman–Crippen LogP) is 5.04. The highest BCUT2D eigenvalue weighted by Gasteiger charge is 2.19. The Morgan fingerprint density at radius 3 is 2.28 bits per heavy atom. The molecular weight excluding hydrogens is 364 g/mol. The van der Waals surface area contributed by atoms with Crippen molar-refractivity contribution >= 4 is 23.2 Å². The highest BCUT2D eigenvalue weighted by Crippen LogP contribution is 2.20. The molecule has 3 rings (SSSR count). The quantitative estimate of drug-likeness (QED) is 0.596. The minimum absolute atomic E-state index is 0.240. The molecule has 1 unspecified atom stereocenters. The standard InChI is InChI=1S/C24H24N2O3/c1-3-21(29-22-15-8-7-10-17(22)2)24(28)26-20-14-9-11-18(16-20)23(27)25-19-12-5-4-6-13-19/h4-16,21H,3H2,1-2H3,(H,25,27)(H,26,28). The van der Waals surface area contributed by atoms with Crippen LogP contribution in [0.3, 0.4) is 0 Å². The summed E-state index contributed by atoms with van der Waals surface area (Å²) in [7, 11) is 0. The number of benzene rings is 3. The number of amides is 2. The van der Waals surface area contributed by atoms with Gasteiger partial charge in [-0.15, -0.1) is 0 Å². The Labute approximate surface area is 170 Å². The molecule has 0 heterocycles. The number of carbonyl (C=O) groups excluding carboxylic acids is 2. The molecule has 3 aromatic carbocycles. The Hall–Kier alpha value is -3.60. The van der Waals surface area contributed by atoms with Crippen LogP contribution in [0.15, 0.2) is 78.9 Å². The van der Waals surface area contributed by atoms with Crippen molar-refractivity contribution < 1.29 is 14.3 Å². The van der Waals surface area contributed by atoms with Gasteiger partial charge < -0.3 is 15.4 Å². The number of nitrogens with one attached hydrogen (secondary N) is 2. The molecule has 2 N–H and O–H groups in total. The first-order valence-corrected chi connectivity index (χ1v) is 9.56. The summed E-state index contributed by atoms with van der Waals surface area (Å²) in [6, 6.07) is 23.6. The van der Waals surface area contributed by atoms with Crippen LogP contribution in [-0.2, 0) is 4.79 Å². The van der Waals surface area contributed by atoms with Crippen LogP contribution in [0.1, 0.15) is 29.3 Å². The van der Waals surface area contributed by atoms with E-state index in [0.29, 0.717) is 29.1 Å². The minimum atomic E-state index is -0.627. The summed E-state index contributed by atoms with van der Waals surface area (Å²) in [5.41, 5.74) is 2.69. The lowest BCUT2D eigenvalue weighted by molar-refractivity contribution is -0.122. The van der Waals surface area contributed by atoms with Gasteiger partial charge in [0.05, 0.1) is 0 Å². The lowest BCUT2D eigenvalue weighted by Crippen LogP contribution is -2.32. The zero-order valence-corrected chi connectivity index (χ0v) is 16.5. The van der Waals surface area contributed by atoms with Gasteiger partial charge in [-0.2, -0.15) is 0 Å². The summed E-state index contributed by atoms with van der Waals surface area (Å²) < 4.78 is 5.89. The van der Waals surface area contributed by atoms with Crippen molar-refractivity contribution in [3.8, 4) is 5.75 Å². The van der Waals surface area contributed by atoms with E-state index >= 15 is 0 Å². The molecule has 3 aromatic rings. The van der Waals surface area contributed by atoms with Crippen LogP contribution in [-0.4, -0.2) is 17.9 Å². The Kier molecular flexibility index (Phi) is 6.63. The van der Waals surface area contributed by atoms with E-state index in [9.17, 15) is 9.59 Å². The molecule has 0 radical (unpaired) electrons. The van der Waals surface area contributed by atoms with Crippen molar-refractivity contribution in [2.75, 3.05) is 10.6 Å². The molecular formula is C24H24N2O3. The topological polar surface area (TPSA) is 67.4 Å². The van der Waals surface area contributed by atoms with Crippen LogP contribution in [0.2, 0.25) is 0 Å². The van der Waals surface area contributed by atoms with E-state index in [1.165, 1.54) is 0 Å². The summed E-state index contributed by atoms with van der Waals surface area (Å²) in [6.45, 7) is 3.83. The zero-order chi connectivity index (χ0) is 20.6. The maximum absolute atomic E-state index is 12.7. The second-order valence-corrected chi connectivity index (χ2v) is 6.67. The third kappa shape index (κ3) is 5.45. The first-order chi connectivity index (χ1) is 14.1. The number of hydrogen-bond donors (Lipinski definition) is 2. The average Bonchev–Trinajstić information content (AvgIpc) is 2.74. The maximum Gasteiger partial charge on any atom is 0.265 e. The first kappa shape index (κ1) is 20.1. The minimum Gasteiger partial charge on any atom is -0.480 e. The average molecular weight is 388 g/mol. The Morgan fingerprint density at radius 2 is 1.55 bits per heavy atom. The number of carbonyl (C=O) groups is 2. The largest absolute Gasteiger partial charge is 0.480 e. The van der Waals surface area contributed by atoms with Gasteiger partial charge in [0.1, 0.15) is 5.75 Å². The summed E-state index contributed by atoms with van der Waals surface area (Å²) in [5, 5.41) is 5.68. The summed E-state index contributed by atoms with van der Waals surface area (Å²) in [5.74, 6) is 0.192. The van der Waals surface area contributed by atoms with Gasteiger partial charge in [0, 0.05) is 16.9 Å². The van der Waals surface area contributed by atoms with Gasteiger partial charge in [0.25, 0.3) is 11.8 Å². The molecule has 0 saturated carbocycles. The fourth-order valence-corrected chi connectivity index (χ4v) is 2.85. The number of hydrogen-bond acceptors (Lipinski definition) is 3. The van der Waals surface area contributed by atoms with Gasteiger partial charge in [0.2, 0.25) is 0 Å². The van der Waals surface area contributed by atoms with Crippen molar-refractivity contribution in [1.29, 1.82) is 0 Å². The Bertz CT molecular complexity index is 986. The van der Waals surface area contributed by atoms with E-state index in [1.54, 1.807) is 24.3 Å². The second-order valence-electron chi connectivity index (χ2n) is 6.67. The monoisotopic (exact) mass is 388 g/mol. The van der Waals surface area contributed by atoms with E-state index < -0.39 is 6.10 Å². The molecule has 0 spiro atoms. The first-order valence-electron chi connectivity index (χ1n) is 9.56. The molecule has 0 aliphatic rings. The smallest absolute Gasteiger partial charge is 0.265 e. The molecule has 0 saturated heterocycles. The normalized spacial score (nSPS) is 11.4. The third-order valence-corrected chi connectivity index (χ3v) is 4.45. The number of aryl methyl sites for hydroxylation is 1. The second kappa shape index (κ2) is 9.55. The molecule has 0 aliphatic heterocycles. The van der Waals surface area contributed by atoms with Crippen LogP contribution in [0.25, 0.3) is 0 Å². The van der Waals surface area contributed by atoms with Crippen LogP contribution < -0.4 is 15.4 Å². The molecule has 29 heavy (non-hydrogen) atoms. The molecule has 148 valence electrons.